The van der Waals surface area contributed by atoms with Gasteiger partial charge in [-0.25, -0.2) is 0 Å². The van der Waals surface area contributed by atoms with E-state index in [1.165, 1.54) is 13.2 Å². The van der Waals surface area contributed by atoms with Gasteiger partial charge in [0.25, 0.3) is 11.5 Å². The number of anilines is 1. The van der Waals surface area contributed by atoms with Crippen LogP contribution in [0.2, 0.25) is 5.02 Å². The minimum Gasteiger partial charge on any atom is -0.507 e. The van der Waals surface area contributed by atoms with E-state index in [1.54, 1.807) is 16.7 Å². The average Bonchev–Trinajstić information content (AvgIpc) is 2.65. The van der Waals surface area contributed by atoms with Crippen molar-refractivity contribution in [2.24, 2.45) is 0 Å². The number of methoxy groups -OCH3 is 1. The van der Waals surface area contributed by atoms with Crippen molar-refractivity contribution in [1.82, 2.24) is 4.57 Å². The Hall–Kier alpha value is -2.47. The number of carbonyl (C=O) groups is 1. The number of carbonyl (C=O) groups excluding carboxylic acids is 1. The van der Waals surface area contributed by atoms with E-state index >= 15 is 0 Å². The summed E-state index contributed by atoms with van der Waals surface area (Å²) in [5.41, 5.74) is 1.20. The van der Waals surface area contributed by atoms with E-state index in [1.807, 2.05) is 6.92 Å². The molecule has 1 aliphatic rings. The number of rotatable bonds is 5. The number of ether oxygens (including phenoxy) is 1. The van der Waals surface area contributed by atoms with E-state index in [2.05, 4.69) is 5.32 Å². The first kappa shape index (κ1) is 19.3. The van der Waals surface area contributed by atoms with E-state index in [0.717, 1.165) is 31.4 Å². The van der Waals surface area contributed by atoms with E-state index < -0.39 is 11.5 Å². The molecule has 1 aliphatic carbocycles. The van der Waals surface area contributed by atoms with E-state index in [0.29, 0.717) is 35.0 Å². The number of hydrogen-bond donors (Lipinski definition) is 2. The van der Waals surface area contributed by atoms with Gasteiger partial charge in [-0.05, 0) is 50.3 Å². The number of aromatic hydroxyl groups is 1. The maximum absolute atomic E-state index is 13.0. The monoisotopic (exact) mass is 390 g/mol. The summed E-state index contributed by atoms with van der Waals surface area (Å²) in [6.07, 6.45) is 4.06. The Morgan fingerprint density at radius 3 is 2.78 bits per heavy atom. The molecule has 1 aromatic heterocycles. The quantitative estimate of drug-likeness (QED) is 0.814. The van der Waals surface area contributed by atoms with Crippen molar-refractivity contribution in [2.75, 3.05) is 12.4 Å². The van der Waals surface area contributed by atoms with Gasteiger partial charge in [-0.3, -0.25) is 9.59 Å². The van der Waals surface area contributed by atoms with Crippen LogP contribution in [0.4, 0.5) is 5.69 Å². The maximum atomic E-state index is 13.0. The van der Waals surface area contributed by atoms with Crippen molar-refractivity contribution < 1.29 is 14.6 Å². The average molecular weight is 391 g/mol. The van der Waals surface area contributed by atoms with Crippen LogP contribution in [0.3, 0.4) is 0 Å². The number of nitrogens with one attached hydrogen (secondary N) is 1. The van der Waals surface area contributed by atoms with Gasteiger partial charge in [0.2, 0.25) is 0 Å². The predicted octanol–water partition coefficient (Wildman–Crippen LogP) is 3.76. The number of fused-ring (bicyclic) bond motifs is 1. The zero-order valence-electron chi connectivity index (χ0n) is 15.5. The first-order valence-corrected chi connectivity index (χ1v) is 9.48. The molecule has 0 atom stereocenters. The number of nitrogens with zero attached hydrogens (tertiary/aromatic N) is 1. The summed E-state index contributed by atoms with van der Waals surface area (Å²) in [5.74, 6) is -0.462. The molecule has 0 radical (unpaired) electrons. The first-order valence-electron chi connectivity index (χ1n) is 9.10. The zero-order valence-corrected chi connectivity index (χ0v) is 16.2. The Morgan fingerprint density at radius 1 is 1.33 bits per heavy atom. The molecule has 0 saturated carbocycles. The molecule has 3 rings (SSSR count). The number of halogens is 1. The molecule has 27 heavy (non-hydrogen) atoms. The fourth-order valence-corrected chi connectivity index (χ4v) is 3.75. The number of aromatic nitrogens is 1. The molecule has 2 aromatic rings. The molecule has 6 nitrogen and oxygen atoms in total. The lowest BCUT2D eigenvalue weighted by molar-refractivity contribution is 0.102. The molecule has 0 unspecified atom stereocenters. The summed E-state index contributed by atoms with van der Waals surface area (Å²) in [5, 5.41) is 13.8. The fourth-order valence-electron chi connectivity index (χ4n) is 3.58. The highest BCUT2D eigenvalue weighted by Crippen LogP contribution is 2.32. The van der Waals surface area contributed by atoms with Gasteiger partial charge in [-0.15, -0.1) is 0 Å². The molecular weight excluding hydrogens is 368 g/mol. The third-order valence-corrected chi connectivity index (χ3v) is 5.07. The second kappa shape index (κ2) is 8.05. The molecule has 0 saturated heterocycles. The molecule has 7 heteroatoms. The van der Waals surface area contributed by atoms with Crippen LogP contribution in [-0.4, -0.2) is 22.7 Å². The van der Waals surface area contributed by atoms with Crippen LogP contribution in [0.25, 0.3) is 0 Å². The van der Waals surface area contributed by atoms with Crippen molar-refractivity contribution >= 4 is 23.2 Å². The second-order valence-electron chi connectivity index (χ2n) is 6.61. The Balaban J connectivity index is 2.09. The van der Waals surface area contributed by atoms with Gasteiger partial charge < -0.3 is 19.7 Å². The van der Waals surface area contributed by atoms with Crippen LogP contribution in [0, 0.1) is 0 Å². The molecule has 2 N–H and O–H groups in total. The summed E-state index contributed by atoms with van der Waals surface area (Å²) in [6.45, 7) is 2.49. The topological polar surface area (TPSA) is 80.6 Å². The number of benzene rings is 1. The number of pyridine rings is 1. The predicted molar refractivity (Wildman–Crippen MR) is 105 cm³/mol. The van der Waals surface area contributed by atoms with Gasteiger partial charge >= 0.3 is 0 Å². The Labute approximate surface area is 162 Å². The molecule has 1 heterocycles. The third-order valence-electron chi connectivity index (χ3n) is 4.83. The van der Waals surface area contributed by atoms with Crippen LogP contribution >= 0.6 is 11.6 Å². The lowest BCUT2D eigenvalue weighted by Gasteiger charge is -2.23. The van der Waals surface area contributed by atoms with E-state index in [4.69, 9.17) is 16.3 Å². The molecule has 0 aliphatic heterocycles. The summed E-state index contributed by atoms with van der Waals surface area (Å²) < 4.78 is 6.87. The smallest absolute Gasteiger partial charge is 0.267 e. The molecule has 0 bridgehead atoms. The van der Waals surface area contributed by atoms with Gasteiger partial charge in [0, 0.05) is 22.8 Å². The Kier molecular flexibility index (Phi) is 5.75. The molecule has 1 aromatic carbocycles. The van der Waals surface area contributed by atoms with Gasteiger partial charge in [0.1, 0.15) is 17.1 Å². The van der Waals surface area contributed by atoms with Gasteiger partial charge in [-0.1, -0.05) is 18.5 Å². The highest BCUT2D eigenvalue weighted by atomic mass is 35.5. The number of amides is 1. The van der Waals surface area contributed by atoms with Crippen LogP contribution in [0.5, 0.6) is 11.5 Å². The highest BCUT2D eigenvalue weighted by Gasteiger charge is 2.27. The third kappa shape index (κ3) is 3.67. The normalized spacial score (nSPS) is 13.1. The van der Waals surface area contributed by atoms with Gasteiger partial charge in [0.15, 0.2) is 0 Å². The van der Waals surface area contributed by atoms with Crippen molar-refractivity contribution in [3.05, 3.63) is 50.4 Å². The highest BCUT2D eigenvalue weighted by molar-refractivity contribution is 6.31. The largest absolute Gasteiger partial charge is 0.507 e. The van der Waals surface area contributed by atoms with Gasteiger partial charge in [0.05, 0.1) is 12.8 Å². The lowest BCUT2D eigenvalue weighted by Crippen LogP contribution is -2.33. The van der Waals surface area contributed by atoms with Crippen LogP contribution in [0.1, 0.15) is 47.8 Å². The summed E-state index contributed by atoms with van der Waals surface area (Å²) in [4.78, 5) is 25.9. The van der Waals surface area contributed by atoms with Crippen LogP contribution < -0.4 is 15.6 Å². The number of hydrogen-bond acceptors (Lipinski definition) is 4. The molecule has 144 valence electrons. The van der Waals surface area contributed by atoms with E-state index in [-0.39, 0.29) is 11.3 Å². The van der Waals surface area contributed by atoms with E-state index in [9.17, 15) is 14.7 Å². The summed E-state index contributed by atoms with van der Waals surface area (Å²) in [7, 11) is 1.48. The minimum absolute atomic E-state index is 0.208. The second-order valence-corrected chi connectivity index (χ2v) is 7.05. The van der Waals surface area contributed by atoms with Crippen molar-refractivity contribution in [3.8, 4) is 11.5 Å². The maximum Gasteiger partial charge on any atom is 0.267 e. The van der Waals surface area contributed by atoms with Crippen molar-refractivity contribution in [3.63, 3.8) is 0 Å². The standard InChI is InChI=1S/C20H23ClN2O4/c1-3-10-23-15-7-5-4-6-13(15)18(24)17(20(23)26)19(25)22-14-11-12(21)8-9-16(14)27-2/h8-9,11,24H,3-7,10H2,1-2H3,(H,22,25). The summed E-state index contributed by atoms with van der Waals surface area (Å²) >= 11 is 6.01. The molecule has 1 amide bonds. The lowest BCUT2D eigenvalue weighted by atomic mass is 9.93. The van der Waals surface area contributed by atoms with Crippen molar-refractivity contribution in [1.29, 1.82) is 0 Å². The van der Waals surface area contributed by atoms with Crippen molar-refractivity contribution in [2.45, 2.75) is 45.6 Å². The first-order chi connectivity index (χ1) is 13.0. The Bertz CT molecular complexity index is 937. The van der Waals surface area contributed by atoms with Gasteiger partial charge in [-0.2, -0.15) is 0 Å². The minimum atomic E-state index is -0.670. The Morgan fingerprint density at radius 2 is 2.07 bits per heavy atom. The van der Waals surface area contributed by atoms with Crippen LogP contribution in [-0.2, 0) is 19.4 Å². The summed E-state index contributed by atoms with van der Waals surface area (Å²) in [6, 6.07) is 4.80. The molecular formula is C20H23ClN2O4. The fraction of sp³-hybridized carbons (Fsp3) is 0.400. The molecule has 0 fully saturated rings. The SMILES string of the molecule is CCCn1c2c(c(O)c(C(=O)Nc3cc(Cl)ccc3OC)c1=O)CCCC2. The zero-order chi connectivity index (χ0) is 19.6. The van der Waals surface area contributed by atoms with Crippen LogP contribution in [0.15, 0.2) is 23.0 Å². The molecule has 0 spiro atoms.